The molecular formula is C24H23FN6O3. The van der Waals surface area contributed by atoms with Crippen molar-refractivity contribution in [3.05, 3.63) is 81.8 Å². The number of rotatable bonds is 4. The van der Waals surface area contributed by atoms with E-state index in [0.29, 0.717) is 5.82 Å². The highest BCUT2D eigenvalue weighted by atomic mass is 19.1. The Hall–Kier alpha value is -4.05. The number of carbonyl (C=O) groups excluding carboxylic acids is 1. The number of aliphatic hydroxyl groups is 1. The summed E-state index contributed by atoms with van der Waals surface area (Å²) in [5, 5.41) is 18.1. The number of nitrogens with zero attached hydrogens (tertiary/aromatic N) is 5. The fraction of sp³-hybridized carbons (Fsp3) is 0.250. The molecule has 4 aromatic rings. The van der Waals surface area contributed by atoms with Gasteiger partial charge >= 0.3 is 0 Å². The van der Waals surface area contributed by atoms with Crippen LogP contribution < -0.4 is 10.9 Å². The smallest absolute Gasteiger partial charge is 0.276 e. The number of benzene rings is 2. The molecule has 2 N–H and O–H groups in total. The molecule has 0 bridgehead atoms. The molecule has 5 rings (SSSR count). The van der Waals surface area contributed by atoms with Gasteiger partial charge in [-0.05, 0) is 36.8 Å². The summed E-state index contributed by atoms with van der Waals surface area (Å²) in [5.74, 6) is -0.542. The van der Waals surface area contributed by atoms with Crippen molar-refractivity contribution in [3.63, 3.8) is 0 Å². The molecule has 34 heavy (non-hydrogen) atoms. The Labute approximate surface area is 194 Å². The van der Waals surface area contributed by atoms with E-state index < -0.39 is 22.9 Å². The van der Waals surface area contributed by atoms with E-state index in [4.69, 9.17) is 0 Å². The predicted octanol–water partition coefficient (Wildman–Crippen LogP) is 2.20. The molecule has 174 valence electrons. The lowest BCUT2D eigenvalue weighted by molar-refractivity contribution is -0.0937. The summed E-state index contributed by atoms with van der Waals surface area (Å²) in [4.78, 5) is 31.5. The van der Waals surface area contributed by atoms with Crippen molar-refractivity contribution in [2.75, 3.05) is 18.4 Å². The number of hydrogen-bond donors (Lipinski definition) is 2. The summed E-state index contributed by atoms with van der Waals surface area (Å²) < 4.78 is 17.3. The number of amides is 1. The number of anilines is 2. The molecule has 0 saturated carbocycles. The van der Waals surface area contributed by atoms with Gasteiger partial charge in [0.25, 0.3) is 11.5 Å². The van der Waals surface area contributed by atoms with Crippen molar-refractivity contribution in [3.8, 4) is 0 Å². The summed E-state index contributed by atoms with van der Waals surface area (Å²) in [6.45, 7) is 1.77. The molecule has 10 heteroatoms. The second kappa shape index (κ2) is 7.77. The van der Waals surface area contributed by atoms with Crippen molar-refractivity contribution in [1.82, 2.24) is 24.2 Å². The SMILES string of the molecule is Cc1ccc(Nc2cc(=O)n(C)nc2C(=O)N2CC(O)(c3nc4ccccc4n3C)C2)c(F)c1. The van der Waals surface area contributed by atoms with E-state index in [0.717, 1.165) is 21.3 Å². The molecule has 0 spiro atoms. The lowest BCUT2D eigenvalue weighted by Crippen LogP contribution is -2.62. The number of aromatic nitrogens is 4. The molecule has 0 unspecified atom stereocenters. The van der Waals surface area contributed by atoms with Crippen molar-refractivity contribution < 1.29 is 14.3 Å². The normalized spacial score (nSPS) is 14.8. The number of carbonyl (C=O) groups is 1. The number of imidazole rings is 1. The highest BCUT2D eigenvalue weighted by molar-refractivity contribution is 5.98. The zero-order chi connectivity index (χ0) is 24.2. The van der Waals surface area contributed by atoms with Gasteiger partial charge in [0.15, 0.2) is 11.3 Å². The average Bonchev–Trinajstić information content (AvgIpc) is 3.12. The highest BCUT2D eigenvalue weighted by Crippen LogP contribution is 2.34. The number of β-amino-alcohol motifs (C(OH)–C–C–N with tert-alkyl or cyclic N) is 1. The minimum absolute atomic E-state index is 0.00580. The number of nitrogens with one attached hydrogen (secondary N) is 1. The van der Waals surface area contributed by atoms with Crippen LogP contribution in [0.4, 0.5) is 15.8 Å². The van der Waals surface area contributed by atoms with Crippen molar-refractivity contribution in [1.29, 1.82) is 0 Å². The number of hydrogen-bond acceptors (Lipinski definition) is 6. The van der Waals surface area contributed by atoms with Crippen molar-refractivity contribution >= 4 is 28.3 Å². The Morgan fingerprint density at radius 2 is 1.85 bits per heavy atom. The number of aryl methyl sites for hydroxylation is 3. The monoisotopic (exact) mass is 462 g/mol. The van der Waals surface area contributed by atoms with Crippen LogP contribution in [0.15, 0.2) is 53.3 Å². The Morgan fingerprint density at radius 3 is 2.56 bits per heavy atom. The zero-order valence-corrected chi connectivity index (χ0v) is 18.9. The minimum atomic E-state index is -1.32. The summed E-state index contributed by atoms with van der Waals surface area (Å²) in [6.07, 6.45) is 0. The number of para-hydroxylation sites is 2. The van der Waals surface area contributed by atoms with Gasteiger partial charge in [0.05, 0.1) is 35.5 Å². The third-order valence-electron chi connectivity index (χ3n) is 6.08. The van der Waals surface area contributed by atoms with Crippen LogP contribution >= 0.6 is 0 Å². The maximum Gasteiger partial charge on any atom is 0.276 e. The standard InChI is InChI=1S/C24H23FN6O3/c1-14-8-9-16(15(25)10-14)26-18-11-20(32)30(3)28-21(18)22(33)31-12-24(34,13-31)23-27-17-6-4-5-7-19(17)29(23)2/h4-11,26,34H,12-13H2,1-3H3. The molecule has 1 fully saturated rings. The van der Waals surface area contributed by atoms with Gasteiger partial charge in [-0.1, -0.05) is 18.2 Å². The zero-order valence-electron chi connectivity index (χ0n) is 18.9. The van der Waals surface area contributed by atoms with E-state index in [2.05, 4.69) is 15.4 Å². The average molecular weight is 462 g/mol. The number of halogens is 1. The molecule has 1 saturated heterocycles. The van der Waals surface area contributed by atoms with Gasteiger partial charge in [-0.25, -0.2) is 14.1 Å². The first-order valence-corrected chi connectivity index (χ1v) is 10.7. The molecule has 3 heterocycles. The fourth-order valence-electron chi connectivity index (χ4n) is 4.24. The van der Waals surface area contributed by atoms with Gasteiger partial charge in [0.2, 0.25) is 0 Å². The van der Waals surface area contributed by atoms with E-state index in [-0.39, 0.29) is 30.2 Å². The summed E-state index contributed by atoms with van der Waals surface area (Å²) in [5.41, 5.74) is 0.764. The van der Waals surface area contributed by atoms with Crippen molar-refractivity contribution in [2.24, 2.45) is 14.1 Å². The Morgan fingerprint density at radius 1 is 1.12 bits per heavy atom. The van der Waals surface area contributed by atoms with Crippen LogP contribution in [-0.4, -0.2) is 48.3 Å². The van der Waals surface area contributed by atoms with Crippen LogP contribution in [0.3, 0.4) is 0 Å². The Balaban J connectivity index is 1.43. The Kier molecular flexibility index (Phi) is 4.98. The molecule has 1 amide bonds. The molecule has 1 aliphatic rings. The summed E-state index contributed by atoms with van der Waals surface area (Å²) in [6, 6.07) is 13.3. The molecule has 0 radical (unpaired) electrons. The summed E-state index contributed by atoms with van der Waals surface area (Å²) in [7, 11) is 3.25. The van der Waals surface area contributed by atoms with E-state index in [1.807, 2.05) is 35.9 Å². The van der Waals surface area contributed by atoms with E-state index in [9.17, 15) is 19.1 Å². The Bertz CT molecular complexity index is 1500. The van der Waals surface area contributed by atoms with Crippen LogP contribution in [0.2, 0.25) is 0 Å². The number of likely N-dealkylation sites (tertiary alicyclic amines) is 1. The second-order valence-electron chi connectivity index (χ2n) is 8.65. The molecule has 9 nitrogen and oxygen atoms in total. The molecular weight excluding hydrogens is 439 g/mol. The first kappa shape index (κ1) is 21.8. The lowest BCUT2D eigenvalue weighted by atomic mass is 9.92. The predicted molar refractivity (Wildman–Crippen MR) is 124 cm³/mol. The van der Waals surface area contributed by atoms with Crippen molar-refractivity contribution in [2.45, 2.75) is 12.5 Å². The van der Waals surface area contributed by atoms with E-state index >= 15 is 0 Å². The van der Waals surface area contributed by atoms with Crippen LogP contribution in [0.5, 0.6) is 0 Å². The maximum absolute atomic E-state index is 14.4. The maximum atomic E-state index is 14.4. The molecule has 0 aliphatic carbocycles. The molecule has 2 aromatic carbocycles. The second-order valence-corrected chi connectivity index (χ2v) is 8.65. The van der Waals surface area contributed by atoms with Crippen LogP contribution in [0.25, 0.3) is 11.0 Å². The number of fused-ring (bicyclic) bond motifs is 1. The first-order chi connectivity index (χ1) is 16.2. The largest absolute Gasteiger partial charge is 0.378 e. The van der Waals surface area contributed by atoms with Gasteiger partial charge in [0.1, 0.15) is 11.6 Å². The van der Waals surface area contributed by atoms with E-state index in [1.54, 1.807) is 13.0 Å². The summed E-state index contributed by atoms with van der Waals surface area (Å²) >= 11 is 0. The van der Waals surface area contributed by atoms with Crippen LogP contribution in [0.1, 0.15) is 21.9 Å². The fourth-order valence-corrected chi connectivity index (χ4v) is 4.24. The highest BCUT2D eigenvalue weighted by Gasteiger charge is 2.49. The van der Waals surface area contributed by atoms with Gasteiger partial charge in [-0.15, -0.1) is 0 Å². The molecule has 1 aliphatic heterocycles. The van der Waals surface area contributed by atoms with Gasteiger partial charge in [0, 0.05) is 20.2 Å². The van der Waals surface area contributed by atoms with Crippen LogP contribution in [-0.2, 0) is 19.7 Å². The first-order valence-electron chi connectivity index (χ1n) is 10.7. The quantitative estimate of drug-likeness (QED) is 0.482. The van der Waals surface area contributed by atoms with Gasteiger partial charge in [-0.2, -0.15) is 5.10 Å². The lowest BCUT2D eigenvalue weighted by Gasteiger charge is -2.45. The molecule has 2 aromatic heterocycles. The third-order valence-corrected chi connectivity index (χ3v) is 6.08. The third kappa shape index (κ3) is 3.52. The molecule has 0 atom stereocenters. The van der Waals surface area contributed by atoms with E-state index in [1.165, 1.54) is 30.1 Å². The minimum Gasteiger partial charge on any atom is -0.378 e. The topological polar surface area (TPSA) is 105 Å². The van der Waals surface area contributed by atoms with Crippen LogP contribution in [0, 0.1) is 12.7 Å². The van der Waals surface area contributed by atoms with Gasteiger partial charge in [-0.3, -0.25) is 9.59 Å². The van der Waals surface area contributed by atoms with Gasteiger partial charge < -0.3 is 19.9 Å².